The van der Waals surface area contributed by atoms with Crippen molar-refractivity contribution in [1.82, 2.24) is 9.29 Å². The smallest absolute Gasteiger partial charge is 0.323 e. The van der Waals surface area contributed by atoms with E-state index in [4.69, 9.17) is 16.7 Å². The van der Waals surface area contributed by atoms with Gasteiger partial charge in [-0.15, -0.1) is 0 Å². The summed E-state index contributed by atoms with van der Waals surface area (Å²) in [5.74, 6) is -0.961. The molecule has 2 aromatic carbocycles. The van der Waals surface area contributed by atoms with Gasteiger partial charge in [-0.25, -0.2) is 13.1 Å². The van der Waals surface area contributed by atoms with E-state index in [0.29, 0.717) is 11.4 Å². The van der Waals surface area contributed by atoms with Crippen LogP contribution in [0.4, 0.5) is 0 Å². The normalized spacial score (nSPS) is 13.0. The van der Waals surface area contributed by atoms with Crippen LogP contribution in [0.1, 0.15) is 24.9 Å². The average molecular weight is 407 g/mol. The molecule has 3 rings (SSSR count). The molecule has 0 aliphatic carbocycles. The fraction of sp³-hybridized carbons (Fsp3) is 0.211. The first-order valence-electron chi connectivity index (χ1n) is 8.39. The van der Waals surface area contributed by atoms with Crippen LogP contribution in [0.2, 0.25) is 5.02 Å². The van der Waals surface area contributed by atoms with Crippen molar-refractivity contribution in [3.05, 3.63) is 65.3 Å². The number of sulfonamides is 1. The number of para-hydroxylation sites is 1. The highest BCUT2D eigenvalue weighted by Gasteiger charge is 2.23. The highest BCUT2D eigenvalue weighted by Crippen LogP contribution is 2.30. The Morgan fingerprint density at radius 3 is 2.48 bits per heavy atom. The summed E-state index contributed by atoms with van der Waals surface area (Å²) in [6.45, 7) is 1.68. The van der Waals surface area contributed by atoms with Crippen LogP contribution < -0.4 is 4.72 Å². The Morgan fingerprint density at radius 1 is 1.19 bits per heavy atom. The standard InChI is InChI=1S/C19H19ClN2O4S/c1-2-17(21-27(25,26)14-9-7-13(20)8-10-14)16-11-22(12-19(23)24)18-6-4-3-5-15(16)18/h3-11,17,21H,2,12H2,1H3,(H,23,24). The van der Waals surface area contributed by atoms with Gasteiger partial charge in [-0.1, -0.05) is 36.7 Å². The molecule has 8 heteroatoms. The third-order valence-electron chi connectivity index (χ3n) is 4.33. The number of carbonyl (C=O) groups is 1. The molecule has 0 fully saturated rings. The number of nitrogens with one attached hydrogen (secondary N) is 1. The molecule has 0 saturated heterocycles. The molecule has 6 nitrogen and oxygen atoms in total. The Kier molecular flexibility index (Phi) is 5.55. The maximum atomic E-state index is 12.8. The predicted octanol–water partition coefficient (Wildman–Crippen LogP) is 3.81. The Bertz CT molecular complexity index is 1070. The maximum Gasteiger partial charge on any atom is 0.323 e. The van der Waals surface area contributed by atoms with Crippen molar-refractivity contribution in [2.75, 3.05) is 0 Å². The summed E-state index contributed by atoms with van der Waals surface area (Å²) in [4.78, 5) is 11.3. The first-order chi connectivity index (χ1) is 12.8. The van der Waals surface area contributed by atoms with Gasteiger partial charge in [0.25, 0.3) is 0 Å². The lowest BCUT2D eigenvalue weighted by Gasteiger charge is -2.17. The van der Waals surface area contributed by atoms with Gasteiger partial charge in [0.2, 0.25) is 10.0 Å². The van der Waals surface area contributed by atoms with Gasteiger partial charge in [-0.2, -0.15) is 0 Å². The first-order valence-corrected chi connectivity index (χ1v) is 10.3. The molecule has 1 unspecified atom stereocenters. The summed E-state index contributed by atoms with van der Waals surface area (Å²) < 4.78 is 29.8. The molecule has 0 radical (unpaired) electrons. The van der Waals surface area contributed by atoms with E-state index in [2.05, 4.69) is 4.72 Å². The van der Waals surface area contributed by atoms with E-state index in [1.54, 1.807) is 10.8 Å². The fourth-order valence-electron chi connectivity index (χ4n) is 3.07. The van der Waals surface area contributed by atoms with Crippen LogP contribution in [0.25, 0.3) is 10.9 Å². The van der Waals surface area contributed by atoms with Crippen molar-refractivity contribution in [2.24, 2.45) is 0 Å². The second-order valence-electron chi connectivity index (χ2n) is 6.16. The molecule has 0 amide bonds. The Morgan fingerprint density at radius 2 is 1.85 bits per heavy atom. The van der Waals surface area contributed by atoms with Crippen molar-refractivity contribution in [3.8, 4) is 0 Å². The lowest BCUT2D eigenvalue weighted by atomic mass is 10.0. The second-order valence-corrected chi connectivity index (χ2v) is 8.31. The van der Waals surface area contributed by atoms with Crippen LogP contribution in [0.15, 0.2) is 59.6 Å². The molecule has 27 heavy (non-hydrogen) atoms. The lowest BCUT2D eigenvalue weighted by Crippen LogP contribution is -2.28. The number of hydrogen-bond acceptors (Lipinski definition) is 3. The van der Waals surface area contributed by atoms with Crippen LogP contribution >= 0.6 is 11.6 Å². The summed E-state index contributed by atoms with van der Waals surface area (Å²) in [6.07, 6.45) is 2.21. The first kappa shape index (κ1) is 19.4. The molecule has 0 aliphatic heterocycles. The van der Waals surface area contributed by atoms with E-state index in [1.807, 2.05) is 31.2 Å². The number of rotatable bonds is 7. The summed E-state index contributed by atoms with van der Waals surface area (Å²) in [6, 6.07) is 12.8. The zero-order valence-electron chi connectivity index (χ0n) is 14.6. The number of carboxylic acids is 1. The van der Waals surface area contributed by atoms with Gasteiger partial charge in [0.05, 0.1) is 4.90 Å². The largest absolute Gasteiger partial charge is 0.480 e. The van der Waals surface area contributed by atoms with Crippen molar-refractivity contribution >= 4 is 38.5 Å². The number of aromatic nitrogens is 1. The third kappa shape index (κ3) is 4.16. The van der Waals surface area contributed by atoms with E-state index < -0.39 is 22.0 Å². The Labute approximate surface area is 162 Å². The summed E-state index contributed by atoms with van der Waals surface area (Å²) in [5, 5.41) is 10.4. The topological polar surface area (TPSA) is 88.4 Å². The van der Waals surface area contributed by atoms with Gasteiger partial charge in [0, 0.05) is 28.2 Å². The van der Waals surface area contributed by atoms with Gasteiger partial charge >= 0.3 is 5.97 Å². The average Bonchev–Trinajstić information content (AvgIpc) is 2.98. The predicted molar refractivity (Wildman–Crippen MR) is 104 cm³/mol. The second kappa shape index (κ2) is 7.72. The lowest BCUT2D eigenvalue weighted by molar-refractivity contribution is -0.137. The zero-order valence-corrected chi connectivity index (χ0v) is 16.2. The number of hydrogen-bond donors (Lipinski definition) is 2. The molecule has 0 spiro atoms. The molecular weight excluding hydrogens is 388 g/mol. The third-order valence-corrected chi connectivity index (χ3v) is 6.07. The fourth-order valence-corrected chi connectivity index (χ4v) is 4.49. The van der Waals surface area contributed by atoms with E-state index in [9.17, 15) is 13.2 Å². The van der Waals surface area contributed by atoms with Crippen molar-refractivity contribution in [2.45, 2.75) is 30.8 Å². The molecule has 3 aromatic rings. The highest BCUT2D eigenvalue weighted by molar-refractivity contribution is 7.89. The molecule has 0 saturated carbocycles. The molecule has 2 N–H and O–H groups in total. The number of halogens is 1. The van der Waals surface area contributed by atoms with Gasteiger partial charge in [0.15, 0.2) is 0 Å². The van der Waals surface area contributed by atoms with Crippen molar-refractivity contribution in [3.63, 3.8) is 0 Å². The van der Waals surface area contributed by atoms with E-state index in [0.717, 1.165) is 16.5 Å². The number of aliphatic carboxylic acids is 1. The molecular formula is C19H19ClN2O4S. The Balaban J connectivity index is 2.00. The summed E-state index contributed by atoms with van der Waals surface area (Å²) in [5.41, 5.74) is 1.49. The molecule has 1 aromatic heterocycles. The number of fused-ring (bicyclic) bond motifs is 1. The minimum absolute atomic E-state index is 0.125. The molecule has 0 bridgehead atoms. The van der Waals surface area contributed by atoms with E-state index in [-0.39, 0.29) is 11.4 Å². The maximum absolute atomic E-state index is 12.8. The van der Waals surface area contributed by atoms with Gasteiger partial charge in [0.1, 0.15) is 6.54 Å². The molecule has 0 aliphatic rings. The van der Waals surface area contributed by atoms with Crippen molar-refractivity contribution < 1.29 is 18.3 Å². The van der Waals surface area contributed by atoms with E-state index >= 15 is 0 Å². The number of nitrogens with zero attached hydrogens (tertiary/aromatic N) is 1. The van der Waals surface area contributed by atoms with Crippen LogP contribution in [-0.2, 0) is 21.4 Å². The van der Waals surface area contributed by atoms with Gasteiger partial charge < -0.3 is 9.67 Å². The minimum atomic E-state index is -3.75. The number of carboxylic acid groups (broad SMARTS) is 1. The molecule has 1 heterocycles. The Hall–Kier alpha value is -2.35. The summed E-state index contributed by atoms with van der Waals surface area (Å²) in [7, 11) is -3.75. The molecule has 1 atom stereocenters. The minimum Gasteiger partial charge on any atom is -0.480 e. The van der Waals surface area contributed by atoms with Crippen molar-refractivity contribution in [1.29, 1.82) is 0 Å². The monoisotopic (exact) mass is 406 g/mol. The van der Waals surface area contributed by atoms with Crippen LogP contribution in [0.5, 0.6) is 0 Å². The van der Waals surface area contributed by atoms with Gasteiger partial charge in [-0.05, 0) is 42.3 Å². The molecule has 142 valence electrons. The van der Waals surface area contributed by atoms with Crippen LogP contribution in [0, 0.1) is 0 Å². The SMILES string of the molecule is CCC(NS(=O)(=O)c1ccc(Cl)cc1)c1cn(CC(=O)O)c2ccccc12. The number of benzene rings is 2. The summed E-state index contributed by atoms with van der Waals surface area (Å²) >= 11 is 5.83. The quantitative estimate of drug-likeness (QED) is 0.624. The zero-order chi connectivity index (χ0) is 19.6. The van der Waals surface area contributed by atoms with E-state index in [1.165, 1.54) is 24.3 Å². The van der Waals surface area contributed by atoms with Crippen LogP contribution in [0.3, 0.4) is 0 Å². The van der Waals surface area contributed by atoms with Gasteiger partial charge in [-0.3, -0.25) is 4.79 Å². The van der Waals surface area contributed by atoms with Crippen LogP contribution in [-0.4, -0.2) is 24.1 Å². The highest BCUT2D eigenvalue weighted by atomic mass is 35.5.